The number of rotatable bonds is 2. The first kappa shape index (κ1) is 11.8. The van der Waals surface area contributed by atoms with Crippen molar-refractivity contribution in [1.82, 2.24) is 10.6 Å². The number of hydrogen-bond acceptors (Lipinski definition) is 1. The monoisotopic (exact) mass is 244 g/mol. The van der Waals surface area contributed by atoms with Gasteiger partial charge in [0.25, 0.3) is 0 Å². The highest BCUT2D eigenvalue weighted by Gasteiger charge is 1.89. The van der Waals surface area contributed by atoms with Crippen LogP contribution >= 0.6 is 24.0 Å². The van der Waals surface area contributed by atoms with Crippen LogP contribution in [0.5, 0.6) is 0 Å². The summed E-state index contributed by atoms with van der Waals surface area (Å²) in [5, 5.41) is 5.19. The molecule has 0 aliphatic carbocycles. The number of halogens is 1. The molecule has 0 aliphatic heterocycles. The van der Waals surface area contributed by atoms with E-state index < -0.39 is 0 Å². The molecule has 0 bridgehead atoms. The van der Waals surface area contributed by atoms with E-state index >= 15 is 0 Å². The zero-order chi connectivity index (χ0) is 6.41. The number of nitrogens with one attached hydrogen (secondary N) is 2. The lowest BCUT2D eigenvalue weighted by molar-refractivity contribution is 0.242. The Labute approximate surface area is 72.6 Å². The van der Waals surface area contributed by atoms with Gasteiger partial charge in [0.2, 0.25) is 0 Å². The molecule has 0 aromatic carbocycles. The third kappa shape index (κ3) is 8.00. The minimum Gasteiger partial charge on any atom is -0.338 e. The first-order valence-electron chi connectivity index (χ1n) is 2.83. The Hall–Kier alpha value is 0. The SMILES string of the molecule is CCNC(=O)NCC.I. The van der Waals surface area contributed by atoms with Crippen LogP contribution in [0.2, 0.25) is 0 Å². The summed E-state index contributed by atoms with van der Waals surface area (Å²) in [4.78, 5) is 10.4. The summed E-state index contributed by atoms with van der Waals surface area (Å²) < 4.78 is 0. The molecule has 0 aromatic rings. The van der Waals surface area contributed by atoms with Crippen molar-refractivity contribution in [3.8, 4) is 0 Å². The second-order valence-corrected chi connectivity index (χ2v) is 1.39. The minimum absolute atomic E-state index is 0. The van der Waals surface area contributed by atoms with Crippen LogP contribution in [0.1, 0.15) is 13.8 Å². The van der Waals surface area contributed by atoms with Gasteiger partial charge in [-0.15, -0.1) is 24.0 Å². The highest BCUT2D eigenvalue weighted by atomic mass is 127. The molecule has 0 aromatic heterocycles. The zero-order valence-corrected chi connectivity index (χ0v) is 8.06. The quantitative estimate of drug-likeness (QED) is 0.697. The summed E-state index contributed by atoms with van der Waals surface area (Å²) >= 11 is 0. The summed E-state index contributed by atoms with van der Waals surface area (Å²) in [7, 11) is 0. The maximum atomic E-state index is 10.4. The number of carbonyl (C=O) groups is 1. The Morgan fingerprint density at radius 1 is 1.22 bits per heavy atom. The van der Waals surface area contributed by atoms with Gasteiger partial charge < -0.3 is 10.6 Å². The Morgan fingerprint density at radius 3 is 1.78 bits per heavy atom. The lowest BCUT2D eigenvalue weighted by Gasteiger charge is -1.99. The maximum Gasteiger partial charge on any atom is 0.314 e. The van der Waals surface area contributed by atoms with E-state index in [1.165, 1.54) is 0 Å². The van der Waals surface area contributed by atoms with Crippen molar-refractivity contribution >= 4 is 30.0 Å². The predicted molar refractivity (Wildman–Crippen MR) is 48.2 cm³/mol. The molecule has 0 saturated heterocycles. The van der Waals surface area contributed by atoms with Gasteiger partial charge in [-0.3, -0.25) is 0 Å². The van der Waals surface area contributed by atoms with Gasteiger partial charge in [-0.2, -0.15) is 0 Å². The number of carbonyl (C=O) groups excluding carboxylic acids is 1. The lowest BCUT2D eigenvalue weighted by atomic mass is 10.7. The van der Waals surface area contributed by atoms with E-state index in [2.05, 4.69) is 10.6 Å². The first-order valence-corrected chi connectivity index (χ1v) is 2.83. The molecule has 0 atom stereocenters. The highest BCUT2D eigenvalue weighted by molar-refractivity contribution is 14.0. The summed E-state index contributed by atoms with van der Waals surface area (Å²) in [6, 6.07) is -0.0880. The van der Waals surface area contributed by atoms with Crippen LogP contribution < -0.4 is 10.6 Å². The van der Waals surface area contributed by atoms with E-state index in [1.807, 2.05) is 13.8 Å². The van der Waals surface area contributed by atoms with Gasteiger partial charge in [0.1, 0.15) is 0 Å². The van der Waals surface area contributed by atoms with E-state index in [0.717, 1.165) is 0 Å². The fourth-order valence-corrected chi connectivity index (χ4v) is 0.384. The van der Waals surface area contributed by atoms with Crippen LogP contribution in [0.4, 0.5) is 4.79 Å². The van der Waals surface area contributed by atoms with Crippen molar-refractivity contribution in [2.75, 3.05) is 13.1 Å². The number of amides is 2. The average Bonchev–Trinajstić information content (AvgIpc) is 1.68. The van der Waals surface area contributed by atoms with Crippen LogP contribution in [-0.2, 0) is 0 Å². The molecule has 3 nitrogen and oxygen atoms in total. The van der Waals surface area contributed by atoms with Crippen LogP contribution in [-0.4, -0.2) is 19.1 Å². The van der Waals surface area contributed by atoms with E-state index in [1.54, 1.807) is 0 Å². The van der Waals surface area contributed by atoms with Gasteiger partial charge in [0, 0.05) is 13.1 Å². The summed E-state index contributed by atoms with van der Waals surface area (Å²) in [5.41, 5.74) is 0. The fourth-order valence-electron chi connectivity index (χ4n) is 0.384. The van der Waals surface area contributed by atoms with Crippen molar-refractivity contribution in [1.29, 1.82) is 0 Å². The van der Waals surface area contributed by atoms with E-state index in [9.17, 15) is 4.79 Å². The number of urea groups is 1. The third-order valence-corrected chi connectivity index (χ3v) is 0.675. The highest BCUT2D eigenvalue weighted by Crippen LogP contribution is 1.60. The standard InChI is InChI=1S/C5H12N2O.HI/c1-3-6-5(8)7-4-2;/h3-4H2,1-2H3,(H2,6,7,8);1H. The van der Waals surface area contributed by atoms with E-state index in [4.69, 9.17) is 0 Å². The third-order valence-electron chi connectivity index (χ3n) is 0.675. The van der Waals surface area contributed by atoms with Crippen LogP contribution in [0.15, 0.2) is 0 Å². The lowest BCUT2D eigenvalue weighted by Crippen LogP contribution is -2.34. The minimum atomic E-state index is -0.0880. The Bertz CT molecular complexity index is 69.4. The molecule has 0 fully saturated rings. The van der Waals surface area contributed by atoms with Gasteiger partial charge in [0.15, 0.2) is 0 Å². The van der Waals surface area contributed by atoms with Crippen molar-refractivity contribution in [3.63, 3.8) is 0 Å². The van der Waals surface area contributed by atoms with Crippen LogP contribution in [0.3, 0.4) is 0 Å². The molecule has 0 rings (SSSR count). The molecular formula is C5H13IN2O. The summed E-state index contributed by atoms with van der Waals surface area (Å²) in [6.07, 6.45) is 0. The Balaban J connectivity index is 0. The second-order valence-electron chi connectivity index (χ2n) is 1.39. The first-order chi connectivity index (χ1) is 3.81. The van der Waals surface area contributed by atoms with E-state index in [0.29, 0.717) is 13.1 Å². The summed E-state index contributed by atoms with van der Waals surface area (Å²) in [5.74, 6) is 0. The molecule has 0 unspecified atom stereocenters. The molecule has 9 heavy (non-hydrogen) atoms. The average molecular weight is 244 g/mol. The molecule has 2 amide bonds. The normalized spacial score (nSPS) is 7.33. The van der Waals surface area contributed by atoms with Crippen molar-refractivity contribution < 1.29 is 4.79 Å². The fraction of sp³-hybridized carbons (Fsp3) is 0.800. The topological polar surface area (TPSA) is 41.1 Å². The van der Waals surface area contributed by atoms with Gasteiger partial charge in [-0.05, 0) is 13.8 Å². The summed E-state index contributed by atoms with van der Waals surface area (Å²) in [6.45, 7) is 5.14. The van der Waals surface area contributed by atoms with Crippen molar-refractivity contribution in [2.24, 2.45) is 0 Å². The predicted octanol–water partition coefficient (Wildman–Crippen LogP) is 0.943. The second kappa shape index (κ2) is 8.00. The zero-order valence-electron chi connectivity index (χ0n) is 5.73. The van der Waals surface area contributed by atoms with Crippen LogP contribution in [0.25, 0.3) is 0 Å². The molecule has 0 radical (unpaired) electrons. The molecule has 0 aliphatic rings. The molecule has 0 heterocycles. The molecule has 0 saturated carbocycles. The number of hydrogen-bond donors (Lipinski definition) is 2. The largest absolute Gasteiger partial charge is 0.338 e. The van der Waals surface area contributed by atoms with E-state index in [-0.39, 0.29) is 30.0 Å². The Kier molecular flexibility index (Phi) is 10.4. The molecular weight excluding hydrogens is 231 g/mol. The van der Waals surface area contributed by atoms with Gasteiger partial charge in [-0.25, -0.2) is 4.79 Å². The van der Waals surface area contributed by atoms with Crippen LogP contribution in [0, 0.1) is 0 Å². The molecule has 56 valence electrons. The van der Waals surface area contributed by atoms with Gasteiger partial charge in [0.05, 0.1) is 0 Å². The maximum absolute atomic E-state index is 10.4. The smallest absolute Gasteiger partial charge is 0.314 e. The van der Waals surface area contributed by atoms with Crippen molar-refractivity contribution in [3.05, 3.63) is 0 Å². The van der Waals surface area contributed by atoms with Gasteiger partial charge >= 0.3 is 6.03 Å². The molecule has 4 heteroatoms. The Morgan fingerprint density at radius 2 is 1.56 bits per heavy atom. The molecule has 0 spiro atoms. The van der Waals surface area contributed by atoms with Crippen molar-refractivity contribution in [2.45, 2.75) is 13.8 Å². The van der Waals surface area contributed by atoms with Gasteiger partial charge in [-0.1, -0.05) is 0 Å². The molecule has 2 N–H and O–H groups in total.